The lowest BCUT2D eigenvalue weighted by molar-refractivity contribution is 0.638. The molecule has 0 amide bonds. The molecule has 1 atom stereocenters. The van der Waals surface area contributed by atoms with E-state index in [0.717, 1.165) is 0 Å². The molecule has 0 bridgehead atoms. The van der Waals surface area contributed by atoms with Crippen LogP contribution in [0, 0.1) is 0 Å². The first-order chi connectivity index (χ1) is 3.06. The number of rotatable bonds is 2. The molecule has 7 heavy (non-hydrogen) atoms. The van der Waals surface area contributed by atoms with Crippen LogP contribution in [-0.4, -0.2) is 16.9 Å². The average Bonchev–Trinajstić information content (AvgIpc) is 1.30. The molecule has 0 radical (unpaired) electrons. The third kappa shape index (κ3) is 7.19. The molecule has 0 aliphatic heterocycles. The van der Waals surface area contributed by atoms with Gasteiger partial charge in [0, 0.05) is 12.0 Å². The zero-order valence-corrected chi connectivity index (χ0v) is 6.70. The van der Waals surface area contributed by atoms with Crippen LogP contribution < -0.4 is 0 Å². The van der Waals surface area contributed by atoms with Crippen molar-refractivity contribution in [1.29, 1.82) is 0 Å². The maximum Gasteiger partial charge on any atom is 0.150 e. The summed E-state index contributed by atoms with van der Waals surface area (Å²) in [4.78, 5) is 8.62. The van der Waals surface area contributed by atoms with Gasteiger partial charge in [-0.2, -0.15) is 0 Å². The fraction of sp³-hybridized carbons (Fsp3) is 1.00. The summed E-state index contributed by atoms with van der Waals surface area (Å²) in [6.07, 6.45) is 0.353. The van der Waals surface area contributed by atoms with E-state index in [9.17, 15) is 0 Å². The van der Waals surface area contributed by atoms with Crippen molar-refractivity contribution in [3.05, 3.63) is 0 Å². The first kappa shape index (κ1) is 8.19. The summed E-state index contributed by atoms with van der Waals surface area (Å²) >= 11 is 14.9. The molecule has 0 aliphatic rings. The molecule has 0 spiro atoms. The molecule has 0 heterocycles. The van der Waals surface area contributed by atoms with E-state index in [0.29, 0.717) is 12.0 Å². The van der Waals surface area contributed by atoms with E-state index < -0.39 is 5.62 Å². The van der Waals surface area contributed by atoms with Crippen molar-refractivity contribution in [2.24, 2.45) is 0 Å². The summed E-state index contributed by atoms with van der Waals surface area (Å²) in [5, 5.41) is 0. The second-order valence-electron chi connectivity index (χ2n) is 1.03. The minimum absolute atomic E-state index is 0.345. The molecule has 0 aromatic carbocycles. The zero-order valence-electron chi connectivity index (χ0n) is 3.47. The molecule has 0 saturated carbocycles. The summed E-state index contributed by atoms with van der Waals surface area (Å²) in [6, 6.07) is 0. The van der Waals surface area contributed by atoms with Crippen molar-refractivity contribution in [1.82, 2.24) is 0 Å². The van der Waals surface area contributed by atoms with E-state index in [2.05, 4.69) is 11.8 Å². The Balaban J connectivity index is 3.36. The number of halogens is 2. The fourth-order valence-electron chi connectivity index (χ4n) is 0.104. The molecule has 0 aliphatic carbocycles. The third-order valence-corrected chi connectivity index (χ3v) is 2.64. The van der Waals surface area contributed by atoms with E-state index in [-0.39, 0.29) is 0 Å². The van der Waals surface area contributed by atoms with Gasteiger partial charge in [0.2, 0.25) is 0 Å². The normalized spacial score (nSPS) is 18.7. The third-order valence-electron chi connectivity index (χ3n) is 0.360. The van der Waals surface area contributed by atoms with Crippen molar-refractivity contribution in [3.63, 3.8) is 0 Å². The van der Waals surface area contributed by atoms with Gasteiger partial charge in [-0.1, -0.05) is 23.0 Å². The Morgan fingerprint density at radius 2 is 2.14 bits per heavy atom. The minimum Gasteiger partial charge on any atom is -0.354 e. The fourth-order valence-corrected chi connectivity index (χ4v) is 2.13. The Bertz CT molecular complexity index is 89.7. The predicted molar refractivity (Wildman–Crippen MR) is 37.9 cm³/mol. The number of alkyl halides is 1. The average molecular weight is 179 g/mol. The van der Waals surface area contributed by atoms with Crippen LogP contribution in [-0.2, 0) is 11.8 Å². The minimum atomic E-state index is -2.49. The summed E-state index contributed by atoms with van der Waals surface area (Å²) in [6.45, 7) is 0. The lowest BCUT2D eigenvalue weighted by atomic mass is 11.0. The van der Waals surface area contributed by atoms with Crippen molar-refractivity contribution in [2.45, 2.75) is 0 Å². The lowest BCUT2D eigenvalue weighted by Gasteiger charge is -1.99. The molecule has 0 saturated heterocycles. The molecule has 44 valence electrons. The highest BCUT2D eigenvalue weighted by Crippen LogP contribution is 2.46. The topological polar surface area (TPSA) is 20.2 Å². The summed E-state index contributed by atoms with van der Waals surface area (Å²) < 4.78 is 0. The second-order valence-corrected chi connectivity index (χ2v) is 7.18. The lowest BCUT2D eigenvalue weighted by Crippen LogP contribution is -1.80. The van der Waals surface area contributed by atoms with Gasteiger partial charge in [0.25, 0.3) is 0 Å². The number of hydrogen-bond acceptors (Lipinski definition) is 1. The SMILES string of the molecule is OP(=S)(Cl)CCCl. The second kappa shape index (κ2) is 3.26. The highest BCUT2D eigenvalue weighted by Gasteiger charge is 2.03. The Hall–Kier alpha value is 1.19. The van der Waals surface area contributed by atoms with Crippen LogP contribution in [0.1, 0.15) is 0 Å². The molecule has 1 nitrogen and oxygen atoms in total. The molecule has 1 unspecified atom stereocenters. The van der Waals surface area contributed by atoms with Crippen LogP contribution in [0.25, 0.3) is 0 Å². The molecular weight excluding hydrogens is 174 g/mol. The first-order valence-corrected chi connectivity index (χ1v) is 6.01. The Labute approximate surface area is 57.5 Å². The quantitative estimate of drug-likeness (QED) is 0.514. The van der Waals surface area contributed by atoms with Crippen molar-refractivity contribution in [3.8, 4) is 0 Å². The van der Waals surface area contributed by atoms with Crippen LogP contribution in [0.5, 0.6) is 0 Å². The highest BCUT2D eigenvalue weighted by atomic mass is 35.7. The van der Waals surface area contributed by atoms with E-state index >= 15 is 0 Å². The van der Waals surface area contributed by atoms with Gasteiger partial charge in [-0.15, -0.1) is 11.6 Å². The molecule has 5 heteroatoms. The van der Waals surface area contributed by atoms with Crippen molar-refractivity contribution in [2.75, 3.05) is 12.0 Å². The highest BCUT2D eigenvalue weighted by molar-refractivity contribution is 8.24. The predicted octanol–water partition coefficient (Wildman–Crippen LogP) is 1.77. The summed E-state index contributed by atoms with van der Waals surface area (Å²) in [5.41, 5.74) is -2.49. The molecule has 0 aromatic rings. The van der Waals surface area contributed by atoms with Crippen LogP contribution >= 0.6 is 28.5 Å². The van der Waals surface area contributed by atoms with Gasteiger partial charge in [-0.05, 0) is 0 Å². The van der Waals surface area contributed by atoms with Gasteiger partial charge < -0.3 is 4.89 Å². The van der Waals surface area contributed by atoms with Crippen LogP contribution in [0.2, 0.25) is 0 Å². The Morgan fingerprint density at radius 3 is 2.14 bits per heavy atom. The van der Waals surface area contributed by atoms with Crippen molar-refractivity contribution >= 4 is 40.3 Å². The van der Waals surface area contributed by atoms with E-state index in [1.54, 1.807) is 0 Å². The summed E-state index contributed by atoms with van der Waals surface area (Å²) in [5.74, 6) is 0.345. The first-order valence-electron chi connectivity index (χ1n) is 1.64. The van der Waals surface area contributed by atoms with Crippen molar-refractivity contribution < 1.29 is 4.89 Å². The molecule has 1 N–H and O–H groups in total. The van der Waals surface area contributed by atoms with Gasteiger partial charge >= 0.3 is 0 Å². The summed E-state index contributed by atoms with van der Waals surface area (Å²) in [7, 11) is 0. The molecule has 0 rings (SSSR count). The maximum absolute atomic E-state index is 8.62. The van der Waals surface area contributed by atoms with Gasteiger partial charge in [0.05, 0.1) is 0 Å². The van der Waals surface area contributed by atoms with Crippen LogP contribution in [0.3, 0.4) is 0 Å². The zero-order chi connectivity index (χ0) is 5.91. The van der Waals surface area contributed by atoms with E-state index in [1.165, 1.54) is 0 Å². The molecule has 0 aromatic heterocycles. The smallest absolute Gasteiger partial charge is 0.150 e. The molecule has 0 fully saturated rings. The van der Waals surface area contributed by atoms with Gasteiger partial charge in [0.15, 0.2) is 0 Å². The Morgan fingerprint density at radius 1 is 1.71 bits per heavy atom. The van der Waals surface area contributed by atoms with Crippen LogP contribution in [0.4, 0.5) is 0 Å². The Kier molecular flexibility index (Phi) is 3.82. The van der Waals surface area contributed by atoms with Gasteiger partial charge in [0.1, 0.15) is 5.62 Å². The van der Waals surface area contributed by atoms with E-state index in [4.69, 9.17) is 27.7 Å². The monoisotopic (exact) mass is 178 g/mol. The molecular formula is C2H5Cl2OPS. The van der Waals surface area contributed by atoms with E-state index in [1.807, 2.05) is 0 Å². The van der Waals surface area contributed by atoms with Gasteiger partial charge in [-0.3, -0.25) is 0 Å². The largest absolute Gasteiger partial charge is 0.354 e. The number of hydrogen-bond donors (Lipinski definition) is 1. The van der Waals surface area contributed by atoms with Gasteiger partial charge in [-0.25, -0.2) is 0 Å². The standard InChI is InChI=1S/C2H5Cl2OPS/c3-1-2-6(4,5)7/h1-2H2,(H,5,7). The maximum atomic E-state index is 8.62. The van der Waals surface area contributed by atoms with Crippen LogP contribution in [0.15, 0.2) is 0 Å².